The lowest BCUT2D eigenvalue weighted by atomic mass is 10.0. The highest BCUT2D eigenvalue weighted by atomic mass is 35.5. The fourth-order valence-corrected chi connectivity index (χ4v) is 2.55. The van der Waals surface area contributed by atoms with E-state index in [0.29, 0.717) is 6.54 Å². The predicted octanol–water partition coefficient (Wildman–Crippen LogP) is 2.43. The molecule has 1 saturated heterocycles. The molecule has 1 amide bonds. The zero-order chi connectivity index (χ0) is 12.5. The molecule has 0 spiro atoms. The van der Waals surface area contributed by atoms with E-state index in [9.17, 15) is 4.79 Å². The Morgan fingerprint density at radius 1 is 1.16 bits per heavy atom. The van der Waals surface area contributed by atoms with Crippen LogP contribution in [-0.4, -0.2) is 29.9 Å². The summed E-state index contributed by atoms with van der Waals surface area (Å²) in [4.78, 5) is 14.3. The van der Waals surface area contributed by atoms with Crippen molar-refractivity contribution in [2.24, 2.45) is 5.73 Å². The van der Waals surface area contributed by atoms with E-state index >= 15 is 0 Å². The average molecular weight is 277 g/mol. The summed E-state index contributed by atoms with van der Waals surface area (Å²) in [6, 6.07) is 14.0. The normalized spacial score (nSPS) is 18.4. The third kappa shape index (κ3) is 2.57. The lowest BCUT2D eigenvalue weighted by Crippen LogP contribution is -2.31. The Kier molecular flexibility index (Phi) is 4.08. The highest BCUT2D eigenvalue weighted by Gasteiger charge is 2.25. The zero-order valence-electron chi connectivity index (χ0n) is 10.6. The minimum absolute atomic E-state index is 0. The molecule has 2 aromatic carbocycles. The Morgan fingerprint density at radius 2 is 1.89 bits per heavy atom. The van der Waals surface area contributed by atoms with Gasteiger partial charge in [-0.05, 0) is 23.3 Å². The number of rotatable bonds is 1. The summed E-state index contributed by atoms with van der Waals surface area (Å²) in [5.74, 6) is 0.0970. The van der Waals surface area contributed by atoms with Gasteiger partial charge in [0.05, 0.1) is 0 Å². The Morgan fingerprint density at radius 3 is 2.63 bits per heavy atom. The second kappa shape index (κ2) is 5.59. The smallest absolute Gasteiger partial charge is 0.254 e. The molecule has 2 aromatic rings. The quantitative estimate of drug-likeness (QED) is 0.870. The number of benzene rings is 2. The lowest BCUT2D eigenvalue weighted by molar-refractivity contribution is 0.0793. The average Bonchev–Trinajstić information content (AvgIpc) is 2.84. The Bertz CT molecular complexity index is 594. The molecule has 3 rings (SSSR count). The lowest BCUT2D eigenvalue weighted by Gasteiger charge is -2.17. The van der Waals surface area contributed by atoms with Gasteiger partial charge in [-0.1, -0.05) is 36.4 Å². The Labute approximate surface area is 118 Å². The van der Waals surface area contributed by atoms with Gasteiger partial charge < -0.3 is 10.6 Å². The first-order valence-electron chi connectivity index (χ1n) is 6.28. The number of nitrogens with two attached hydrogens (primary N) is 1. The summed E-state index contributed by atoms with van der Waals surface area (Å²) in [5.41, 5.74) is 6.64. The summed E-state index contributed by atoms with van der Waals surface area (Å²) in [6.07, 6.45) is 0.899. The van der Waals surface area contributed by atoms with Crippen LogP contribution in [0.15, 0.2) is 42.5 Å². The van der Waals surface area contributed by atoms with E-state index in [-0.39, 0.29) is 24.4 Å². The standard InChI is InChI=1S/C15H16N2O.ClH/c16-12-8-9-17(10-12)15(18)14-7-3-5-11-4-1-2-6-13(11)14;/h1-7,12H,8-10,16H2;1H/t12-;/m0./s1. The molecule has 1 atom stereocenters. The number of likely N-dealkylation sites (tertiary alicyclic amines) is 1. The topological polar surface area (TPSA) is 46.3 Å². The van der Waals surface area contributed by atoms with Crippen molar-refractivity contribution in [1.82, 2.24) is 4.90 Å². The molecule has 4 heteroatoms. The van der Waals surface area contributed by atoms with E-state index in [4.69, 9.17) is 5.73 Å². The number of carbonyl (C=O) groups excluding carboxylic acids is 1. The van der Waals surface area contributed by atoms with Gasteiger partial charge in [0.25, 0.3) is 5.91 Å². The number of hydrogen-bond donors (Lipinski definition) is 1. The van der Waals surface area contributed by atoms with Crippen LogP contribution in [0.4, 0.5) is 0 Å². The molecule has 0 unspecified atom stereocenters. The maximum atomic E-state index is 12.5. The van der Waals surface area contributed by atoms with Crippen molar-refractivity contribution in [1.29, 1.82) is 0 Å². The van der Waals surface area contributed by atoms with Crippen LogP contribution in [0, 0.1) is 0 Å². The van der Waals surface area contributed by atoms with E-state index in [0.717, 1.165) is 29.3 Å². The fraction of sp³-hybridized carbons (Fsp3) is 0.267. The molecule has 2 N–H and O–H groups in total. The second-order valence-corrected chi connectivity index (χ2v) is 4.83. The third-order valence-corrected chi connectivity index (χ3v) is 3.53. The number of fused-ring (bicyclic) bond motifs is 1. The van der Waals surface area contributed by atoms with Gasteiger partial charge in [0, 0.05) is 24.7 Å². The number of nitrogens with zero attached hydrogens (tertiary/aromatic N) is 1. The van der Waals surface area contributed by atoms with Crippen LogP contribution in [-0.2, 0) is 0 Å². The van der Waals surface area contributed by atoms with Crippen LogP contribution in [0.5, 0.6) is 0 Å². The molecular formula is C15H17ClN2O. The third-order valence-electron chi connectivity index (χ3n) is 3.53. The summed E-state index contributed by atoms with van der Waals surface area (Å²) in [6.45, 7) is 1.44. The Balaban J connectivity index is 0.00000133. The minimum Gasteiger partial charge on any atom is -0.337 e. The number of hydrogen-bond acceptors (Lipinski definition) is 2. The number of halogens is 1. The SMILES string of the molecule is Cl.N[C@H]1CCN(C(=O)c2cccc3ccccc23)C1. The maximum absolute atomic E-state index is 12.5. The number of carbonyl (C=O) groups is 1. The van der Waals surface area contributed by atoms with Crippen molar-refractivity contribution < 1.29 is 4.79 Å². The molecule has 0 aromatic heterocycles. The summed E-state index contributed by atoms with van der Waals surface area (Å²) < 4.78 is 0. The largest absolute Gasteiger partial charge is 0.337 e. The fourth-order valence-electron chi connectivity index (χ4n) is 2.55. The van der Waals surface area contributed by atoms with Gasteiger partial charge in [-0.2, -0.15) is 0 Å². The number of amides is 1. The molecule has 1 aliphatic rings. The Hall–Kier alpha value is -1.58. The van der Waals surface area contributed by atoms with Crippen molar-refractivity contribution in [2.45, 2.75) is 12.5 Å². The molecule has 0 bridgehead atoms. The summed E-state index contributed by atoms with van der Waals surface area (Å²) in [5, 5.41) is 2.12. The monoisotopic (exact) mass is 276 g/mol. The van der Waals surface area contributed by atoms with E-state index in [1.807, 2.05) is 47.4 Å². The molecular weight excluding hydrogens is 260 g/mol. The first kappa shape index (κ1) is 13.8. The zero-order valence-corrected chi connectivity index (χ0v) is 11.4. The van der Waals surface area contributed by atoms with Crippen LogP contribution in [0.1, 0.15) is 16.8 Å². The molecule has 0 saturated carbocycles. The van der Waals surface area contributed by atoms with Crippen LogP contribution in [0.25, 0.3) is 10.8 Å². The van der Waals surface area contributed by atoms with E-state index in [1.165, 1.54) is 0 Å². The van der Waals surface area contributed by atoms with Crippen LogP contribution < -0.4 is 5.73 Å². The van der Waals surface area contributed by atoms with Gasteiger partial charge >= 0.3 is 0 Å². The first-order valence-corrected chi connectivity index (χ1v) is 6.28. The molecule has 100 valence electrons. The van der Waals surface area contributed by atoms with Crippen molar-refractivity contribution >= 4 is 29.1 Å². The molecule has 1 aliphatic heterocycles. The minimum atomic E-state index is 0. The van der Waals surface area contributed by atoms with E-state index < -0.39 is 0 Å². The van der Waals surface area contributed by atoms with Gasteiger partial charge in [-0.25, -0.2) is 0 Å². The van der Waals surface area contributed by atoms with Gasteiger partial charge in [0.2, 0.25) is 0 Å². The van der Waals surface area contributed by atoms with Gasteiger partial charge in [-0.15, -0.1) is 12.4 Å². The van der Waals surface area contributed by atoms with Crippen molar-refractivity contribution in [3.63, 3.8) is 0 Å². The van der Waals surface area contributed by atoms with E-state index in [2.05, 4.69) is 0 Å². The van der Waals surface area contributed by atoms with Gasteiger partial charge in [0.15, 0.2) is 0 Å². The van der Waals surface area contributed by atoms with Crippen molar-refractivity contribution in [2.75, 3.05) is 13.1 Å². The molecule has 3 nitrogen and oxygen atoms in total. The molecule has 1 heterocycles. The highest BCUT2D eigenvalue weighted by Crippen LogP contribution is 2.21. The summed E-state index contributed by atoms with van der Waals surface area (Å²) in [7, 11) is 0. The van der Waals surface area contributed by atoms with Gasteiger partial charge in [0.1, 0.15) is 0 Å². The molecule has 0 aliphatic carbocycles. The maximum Gasteiger partial charge on any atom is 0.254 e. The van der Waals surface area contributed by atoms with Gasteiger partial charge in [-0.3, -0.25) is 4.79 Å². The molecule has 0 radical (unpaired) electrons. The summed E-state index contributed by atoms with van der Waals surface area (Å²) >= 11 is 0. The van der Waals surface area contributed by atoms with Crippen LogP contribution in [0.3, 0.4) is 0 Å². The highest BCUT2D eigenvalue weighted by molar-refractivity contribution is 6.07. The van der Waals surface area contributed by atoms with Crippen molar-refractivity contribution in [3.05, 3.63) is 48.0 Å². The van der Waals surface area contributed by atoms with Crippen LogP contribution >= 0.6 is 12.4 Å². The van der Waals surface area contributed by atoms with Crippen molar-refractivity contribution in [3.8, 4) is 0 Å². The molecule has 1 fully saturated rings. The second-order valence-electron chi connectivity index (χ2n) is 4.83. The van der Waals surface area contributed by atoms with Crippen LogP contribution in [0.2, 0.25) is 0 Å². The molecule has 19 heavy (non-hydrogen) atoms. The van der Waals surface area contributed by atoms with E-state index in [1.54, 1.807) is 0 Å². The first-order chi connectivity index (χ1) is 8.75. The predicted molar refractivity (Wildman–Crippen MR) is 79.7 cm³/mol.